The van der Waals surface area contributed by atoms with E-state index >= 15 is 0 Å². The van der Waals surface area contributed by atoms with Crippen molar-refractivity contribution in [2.45, 2.75) is 52.4 Å². The fraction of sp³-hybridized carbons (Fsp3) is 0.571. The molecule has 0 heterocycles. The number of rotatable bonds is 6. The van der Waals surface area contributed by atoms with E-state index in [1.807, 2.05) is 12.2 Å². The molecule has 0 unspecified atom stereocenters. The number of hydrogen-bond acceptors (Lipinski definition) is 0. The summed E-state index contributed by atoms with van der Waals surface area (Å²) in [7, 11) is 0. The van der Waals surface area contributed by atoms with Crippen molar-refractivity contribution < 1.29 is 0 Å². The summed E-state index contributed by atoms with van der Waals surface area (Å²) < 4.78 is 0. The molecular formula is C14H22. The monoisotopic (exact) mass is 190 g/mol. The Balaban J connectivity index is 3.42. The van der Waals surface area contributed by atoms with Crippen LogP contribution in [0.25, 0.3) is 0 Å². The highest BCUT2D eigenvalue weighted by Gasteiger charge is 1.75. The fourth-order valence-corrected chi connectivity index (χ4v) is 1.02. The molecule has 78 valence electrons. The molecule has 0 N–H and O–H groups in total. The zero-order chi connectivity index (χ0) is 10.5. The van der Waals surface area contributed by atoms with E-state index in [0.717, 1.165) is 12.8 Å². The van der Waals surface area contributed by atoms with Crippen LogP contribution in [0.4, 0.5) is 0 Å². The molecule has 0 aromatic rings. The van der Waals surface area contributed by atoms with Crippen LogP contribution < -0.4 is 0 Å². The molecule has 0 saturated heterocycles. The van der Waals surface area contributed by atoms with E-state index in [1.165, 1.54) is 25.7 Å². The van der Waals surface area contributed by atoms with Gasteiger partial charge >= 0.3 is 0 Å². The van der Waals surface area contributed by atoms with Crippen LogP contribution in [0, 0.1) is 11.8 Å². The summed E-state index contributed by atoms with van der Waals surface area (Å²) in [6.07, 6.45) is 15.6. The number of allylic oxidation sites excluding steroid dienone is 4. The summed E-state index contributed by atoms with van der Waals surface area (Å²) in [6, 6.07) is 0. The Kier molecular flexibility index (Phi) is 11.2. The van der Waals surface area contributed by atoms with E-state index in [9.17, 15) is 0 Å². The molecule has 0 aliphatic rings. The maximum atomic E-state index is 3.00. The topological polar surface area (TPSA) is 0 Å². The Labute approximate surface area is 89.1 Å². The van der Waals surface area contributed by atoms with Gasteiger partial charge in [0.05, 0.1) is 0 Å². The van der Waals surface area contributed by atoms with Crippen molar-refractivity contribution in [3.05, 3.63) is 24.3 Å². The van der Waals surface area contributed by atoms with Gasteiger partial charge in [0.25, 0.3) is 0 Å². The van der Waals surface area contributed by atoms with Gasteiger partial charge in [-0.2, -0.15) is 0 Å². The van der Waals surface area contributed by atoms with Crippen LogP contribution in [0.15, 0.2) is 24.3 Å². The Morgan fingerprint density at radius 2 is 1.21 bits per heavy atom. The highest BCUT2D eigenvalue weighted by atomic mass is 13.8. The average molecular weight is 190 g/mol. The first-order valence-corrected chi connectivity index (χ1v) is 5.72. The summed E-state index contributed by atoms with van der Waals surface area (Å²) in [5, 5.41) is 0. The van der Waals surface area contributed by atoms with Crippen LogP contribution in [0.5, 0.6) is 0 Å². The van der Waals surface area contributed by atoms with Gasteiger partial charge in [0.15, 0.2) is 0 Å². The molecule has 0 saturated carbocycles. The van der Waals surface area contributed by atoms with Crippen LogP contribution >= 0.6 is 0 Å². The number of hydrogen-bond donors (Lipinski definition) is 0. The minimum Gasteiger partial charge on any atom is -0.0761 e. The van der Waals surface area contributed by atoms with Gasteiger partial charge in [-0.15, -0.1) is 0 Å². The Morgan fingerprint density at radius 1 is 0.786 bits per heavy atom. The molecule has 0 aromatic heterocycles. The van der Waals surface area contributed by atoms with E-state index < -0.39 is 0 Å². The molecule has 0 aliphatic carbocycles. The second kappa shape index (κ2) is 12.0. The Bertz CT molecular complexity index is 188. The molecule has 0 aliphatic heterocycles. The second-order valence-corrected chi connectivity index (χ2v) is 3.38. The van der Waals surface area contributed by atoms with Crippen LogP contribution in [0.1, 0.15) is 52.4 Å². The molecule has 0 aromatic carbocycles. The largest absolute Gasteiger partial charge is 0.0761 e. The van der Waals surface area contributed by atoms with Gasteiger partial charge in [0, 0.05) is 0 Å². The minimum absolute atomic E-state index is 1.16. The normalized spacial score (nSPS) is 10.7. The third kappa shape index (κ3) is 11.0. The van der Waals surface area contributed by atoms with E-state index in [2.05, 4.69) is 37.8 Å². The molecule has 0 heteroatoms. The maximum Gasteiger partial charge on any atom is -0.0155 e. The Hall–Kier alpha value is -0.960. The van der Waals surface area contributed by atoms with Crippen molar-refractivity contribution in [3.63, 3.8) is 0 Å². The standard InChI is InChI=1S/C14H22/c1-3-5-7-9-11-13-14-12-10-8-6-4-2/h9-12H,3-8H2,1-2H3/b11-9-,12-10-. The molecule has 0 radical (unpaired) electrons. The lowest BCUT2D eigenvalue weighted by atomic mass is 10.2. The molecule has 0 rings (SSSR count). The van der Waals surface area contributed by atoms with E-state index in [-0.39, 0.29) is 0 Å². The van der Waals surface area contributed by atoms with Crippen molar-refractivity contribution in [2.75, 3.05) is 0 Å². The van der Waals surface area contributed by atoms with Crippen molar-refractivity contribution in [3.8, 4) is 11.8 Å². The van der Waals surface area contributed by atoms with Crippen molar-refractivity contribution >= 4 is 0 Å². The maximum absolute atomic E-state index is 3.00. The smallest absolute Gasteiger partial charge is 0.0155 e. The molecule has 0 amide bonds. The van der Waals surface area contributed by atoms with E-state index in [0.29, 0.717) is 0 Å². The summed E-state index contributed by atoms with van der Waals surface area (Å²) in [5.41, 5.74) is 0. The van der Waals surface area contributed by atoms with Crippen LogP contribution in [0.2, 0.25) is 0 Å². The van der Waals surface area contributed by atoms with Crippen LogP contribution in [0.3, 0.4) is 0 Å². The summed E-state index contributed by atoms with van der Waals surface area (Å²) in [4.78, 5) is 0. The highest BCUT2D eigenvalue weighted by Crippen LogP contribution is 1.94. The minimum atomic E-state index is 1.16. The average Bonchev–Trinajstić information content (AvgIpc) is 2.21. The quantitative estimate of drug-likeness (QED) is 0.428. The third-order valence-electron chi connectivity index (χ3n) is 1.93. The molecule has 14 heavy (non-hydrogen) atoms. The lowest BCUT2D eigenvalue weighted by Crippen LogP contribution is -1.66. The van der Waals surface area contributed by atoms with E-state index in [1.54, 1.807) is 0 Å². The lowest BCUT2D eigenvalue weighted by Gasteiger charge is -1.84. The first kappa shape index (κ1) is 13.0. The van der Waals surface area contributed by atoms with Gasteiger partial charge in [0.1, 0.15) is 0 Å². The van der Waals surface area contributed by atoms with Gasteiger partial charge in [-0.1, -0.05) is 63.5 Å². The second-order valence-electron chi connectivity index (χ2n) is 3.38. The van der Waals surface area contributed by atoms with Crippen molar-refractivity contribution in [1.29, 1.82) is 0 Å². The van der Waals surface area contributed by atoms with Gasteiger partial charge < -0.3 is 0 Å². The first-order valence-electron chi connectivity index (χ1n) is 5.72. The highest BCUT2D eigenvalue weighted by molar-refractivity contribution is 5.23. The predicted molar refractivity (Wildman–Crippen MR) is 65.1 cm³/mol. The molecule has 0 spiro atoms. The Morgan fingerprint density at radius 3 is 1.57 bits per heavy atom. The zero-order valence-corrected chi connectivity index (χ0v) is 9.55. The zero-order valence-electron chi connectivity index (χ0n) is 9.55. The first-order chi connectivity index (χ1) is 6.91. The SMILES string of the molecule is CCCC/C=C\C#C/C=C\CCCC. The van der Waals surface area contributed by atoms with Crippen LogP contribution in [-0.4, -0.2) is 0 Å². The van der Waals surface area contributed by atoms with Gasteiger partial charge in [-0.25, -0.2) is 0 Å². The predicted octanol–water partition coefficient (Wildman–Crippen LogP) is 4.48. The summed E-state index contributed by atoms with van der Waals surface area (Å²) >= 11 is 0. The third-order valence-corrected chi connectivity index (χ3v) is 1.93. The summed E-state index contributed by atoms with van der Waals surface area (Å²) in [5.74, 6) is 6.01. The lowest BCUT2D eigenvalue weighted by molar-refractivity contribution is 0.815. The number of unbranched alkanes of at least 4 members (excludes halogenated alkanes) is 4. The van der Waals surface area contributed by atoms with Crippen molar-refractivity contribution in [2.24, 2.45) is 0 Å². The molecule has 0 fully saturated rings. The van der Waals surface area contributed by atoms with Gasteiger partial charge in [-0.3, -0.25) is 0 Å². The van der Waals surface area contributed by atoms with Gasteiger partial charge in [0.2, 0.25) is 0 Å². The molecule has 0 nitrogen and oxygen atoms in total. The summed E-state index contributed by atoms with van der Waals surface area (Å²) in [6.45, 7) is 4.41. The molecule has 0 bridgehead atoms. The van der Waals surface area contributed by atoms with Gasteiger partial charge in [-0.05, 0) is 25.0 Å². The molecule has 0 atom stereocenters. The fourth-order valence-electron chi connectivity index (χ4n) is 1.02. The molecular weight excluding hydrogens is 168 g/mol. The van der Waals surface area contributed by atoms with Crippen LogP contribution in [-0.2, 0) is 0 Å². The van der Waals surface area contributed by atoms with Crippen molar-refractivity contribution in [1.82, 2.24) is 0 Å². The van der Waals surface area contributed by atoms with E-state index in [4.69, 9.17) is 0 Å².